The molecule has 0 fully saturated rings. The Hall–Kier alpha value is -1.04. The third-order valence-electron chi connectivity index (χ3n) is 3.03. The molecule has 0 aromatic heterocycles. The van der Waals surface area contributed by atoms with Gasteiger partial charge in [-0.25, -0.2) is 0 Å². The molecular weight excluding hydrogens is 180 g/mol. The molecule has 82 valence electrons. The average Bonchev–Trinajstić information content (AvgIpc) is 2.27. The van der Waals surface area contributed by atoms with E-state index in [0.717, 1.165) is 0 Å². The summed E-state index contributed by atoms with van der Waals surface area (Å²) in [6.45, 7) is 10.5. The van der Waals surface area contributed by atoms with Crippen molar-refractivity contribution >= 4 is 0 Å². The fourth-order valence-corrected chi connectivity index (χ4v) is 1.60. The van der Waals surface area contributed by atoms with Crippen molar-refractivity contribution in [2.45, 2.75) is 45.4 Å². The zero-order valence-electron chi connectivity index (χ0n) is 10.2. The van der Waals surface area contributed by atoms with Gasteiger partial charge in [-0.05, 0) is 24.0 Å². The summed E-state index contributed by atoms with van der Waals surface area (Å²) in [7, 11) is 0. The van der Waals surface area contributed by atoms with Crippen LogP contribution in [-0.2, 0) is 11.8 Å². The summed E-state index contributed by atoms with van der Waals surface area (Å²) in [5, 5.41) is 0. The molecule has 0 saturated heterocycles. The molecule has 0 aliphatic carbocycles. The van der Waals surface area contributed by atoms with Crippen molar-refractivity contribution < 1.29 is 0 Å². The predicted molar refractivity (Wildman–Crippen MR) is 68.3 cm³/mol. The fourth-order valence-electron chi connectivity index (χ4n) is 1.60. The van der Waals surface area contributed by atoms with Gasteiger partial charge in [0, 0.05) is 5.41 Å². The third kappa shape index (κ3) is 3.23. The molecule has 0 bridgehead atoms. The maximum atomic E-state index is 3.88. The topological polar surface area (TPSA) is 0 Å². The van der Waals surface area contributed by atoms with Gasteiger partial charge in [0.05, 0.1) is 0 Å². The normalized spacial score (nSPS) is 11.4. The number of hydrogen-bond donors (Lipinski definition) is 0. The number of allylic oxidation sites excluding steroid dienone is 1. The van der Waals surface area contributed by atoms with E-state index in [0.29, 0.717) is 0 Å². The molecule has 1 aromatic rings. The van der Waals surface area contributed by atoms with Crippen LogP contribution in [0.1, 0.15) is 44.7 Å². The molecule has 0 nitrogen and oxygen atoms in total. The molecule has 0 heterocycles. The smallest absolute Gasteiger partial charge is 0.00726 e. The van der Waals surface area contributed by atoms with E-state index in [4.69, 9.17) is 0 Å². The van der Waals surface area contributed by atoms with Gasteiger partial charge in [0.25, 0.3) is 0 Å². The van der Waals surface area contributed by atoms with Crippen LogP contribution in [0.2, 0.25) is 0 Å². The summed E-state index contributed by atoms with van der Waals surface area (Å²) in [5.41, 5.74) is 2.88. The van der Waals surface area contributed by atoms with Gasteiger partial charge in [-0.2, -0.15) is 0 Å². The molecule has 0 spiro atoms. The molecule has 0 unspecified atom stereocenters. The maximum absolute atomic E-state index is 3.88. The van der Waals surface area contributed by atoms with Gasteiger partial charge in [-0.15, -0.1) is 6.58 Å². The molecule has 15 heavy (non-hydrogen) atoms. The average molecular weight is 202 g/mol. The quantitative estimate of drug-likeness (QED) is 0.617. The summed E-state index contributed by atoms with van der Waals surface area (Å²) < 4.78 is 0. The highest BCUT2D eigenvalue weighted by Gasteiger charge is 2.15. The summed E-state index contributed by atoms with van der Waals surface area (Å²) in [6.07, 6.45) is 5.75. The number of unbranched alkanes of at least 4 members (excludes halogenated alkanes) is 1. The van der Waals surface area contributed by atoms with E-state index in [9.17, 15) is 0 Å². The minimum atomic E-state index is 0.0866. The second-order valence-electron chi connectivity index (χ2n) is 4.73. The molecule has 0 aliphatic rings. The molecule has 0 amide bonds. The van der Waals surface area contributed by atoms with Crippen LogP contribution in [0.15, 0.2) is 36.9 Å². The Balaban J connectivity index is 2.76. The molecule has 1 aromatic carbocycles. The fraction of sp³-hybridized carbons (Fsp3) is 0.467. The molecule has 0 aliphatic heterocycles. The Labute approximate surface area is 94.0 Å². The van der Waals surface area contributed by atoms with E-state index in [-0.39, 0.29) is 5.41 Å². The molecule has 0 N–H and O–H groups in total. The van der Waals surface area contributed by atoms with Gasteiger partial charge >= 0.3 is 0 Å². The van der Waals surface area contributed by atoms with Crippen molar-refractivity contribution in [3.8, 4) is 0 Å². The lowest BCUT2D eigenvalue weighted by atomic mass is 9.84. The summed E-state index contributed by atoms with van der Waals surface area (Å²) in [5.74, 6) is 0. The largest absolute Gasteiger partial charge is 0.102 e. The van der Waals surface area contributed by atoms with Gasteiger partial charge in [0.15, 0.2) is 0 Å². The summed E-state index contributed by atoms with van der Waals surface area (Å²) in [4.78, 5) is 0. The van der Waals surface area contributed by atoms with Crippen molar-refractivity contribution in [2.24, 2.45) is 0 Å². The number of benzene rings is 1. The monoisotopic (exact) mass is 202 g/mol. The van der Waals surface area contributed by atoms with Crippen molar-refractivity contribution in [1.82, 2.24) is 0 Å². The first kappa shape index (κ1) is 12.0. The molecule has 0 radical (unpaired) electrons. The lowest BCUT2D eigenvalue weighted by Crippen LogP contribution is -2.12. The molecule has 0 atom stereocenters. The van der Waals surface area contributed by atoms with E-state index < -0.39 is 0 Å². The lowest BCUT2D eigenvalue weighted by molar-refractivity contribution is 0.671. The van der Waals surface area contributed by atoms with Crippen LogP contribution in [-0.4, -0.2) is 0 Å². The zero-order valence-corrected chi connectivity index (χ0v) is 10.2. The number of rotatable bonds is 5. The summed E-state index contributed by atoms with van der Waals surface area (Å²) in [6, 6.07) is 8.95. The zero-order chi connectivity index (χ0) is 11.3. The molecule has 1 rings (SSSR count). The third-order valence-corrected chi connectivity index (χ3v) is 3.03. The van der Waals surface area contributed by atoms with Gasteiger partial charge in [-0.3, -0.25) is 0 Å². The highest BCUT2D eigenvalue weighted by molar-refractivity contribution is 5.31. The van der Waals surface area contributed by atoms with Crippen LogP contribution >= 0.6 is 0 Å². The Morgan fingerprint density at radius 1 is 1.20 bits per heavy atom. The maximum Gasteiger partial charge on any atom is 0.00726 e. The second kappa shape index (κ2) is 5.16. The van der Waals surface area contributed by atoms with Crippen LogP contribution < -0.4 is 0 Å². The molecular formula is C15H22. The number of aryl methyl sites for hydroxylation is 1. The van der Waals surface area contributed by atoms with Crippen LogP contribution in [0.3, 0.4) is 0 Å². The van der Waals surface area contributed by atoms with E-state index in [2.05, 4.69) is 51.6 Å². The van der Waals surface area contributed by atoms with Crippen LogP contribution in [0.5, 0.6) is 0 Å². The highest BCUT2D eigenvalue weighted by Crippen LogP contribution is 2.24. The number of hydrogen-bond acceptors (Lipinski definition) is 0. The standard InChI is InChI=1S/C15H22/c1-5-7-8-13-9-11-14(12-10-13)15(3,4)6-2/h6,9-12H,2,5,7-8H2,1,3-4H3. The Morgan fingerprint density at radius 3 is 2.27 bits per heavy atom. The van der Waals surface area contributed by atoms with E-state index >= 15 is 0 Å². The minimum Gasteiger partial charge on any atom is -0.102 e. The van der Waals surface area contributed by atoms with Crippen molar-refractivity contribution in [1.29, 1.82) is 0 Å². The Morgan fingerprint density at radius 2 is 1.80 bits per heavy atom. The molecule has 0 saturated carbocycles. The van der Waals surface area contributed by atoms with Gasteiger partial charge in [-0.1, -0.05) is 57.5 Å². The first-order valence-corrected chi connectivity index (χ1v) is 5.83. The highest BCUT2D eigenvalue weighted by atomic mass is 14.2. The van der Waals surface area contributed by atoms with Crippen LogP contribution in [0.4, 0.5) is 0 Å². The minimum absolute atomic E-state index is 0.0866. The first-order valence-electron chi connectivity index (χ1n) is 5.83. The van der Waals surface area contributed by atoms with E-state index in [1.54, 1.807) is 0 Å². The lowest BCUT2D eigenvalue weighted by Gasteiger charge is -2.20. The van der Waals surface area contributed by atoms with Gasteiger partial charge in [0.2, 0.25) is 0 Å². The van der Waals surface area contributed by atoms with E-state index in [1.165, 1.54) is 30.4 Å². The second-order valence-corrected chi connectivity index (χ2v) is 4.73. The van der Waals surface area contributed by atoms with Gasteiger partial charge < -0.3 is 0 Å². The Bertz CT molecular complexity index is 303. The van der Waals surface area contributed by atoms with Crippen LogP contribution in [0.25, 0.3) is 0 Å². The summed E-state index contributed by atoms with van der Waals surface area (Å²) >= 11 is 0. The van der Waals surface area contributed by atoms with E-state index in [1.807, 2.05) is 6.08 Å². The molecule has 0 heteroatoms. The predicted octanol–water partition coefficient (Wildman–Crippen LogP) is 4.49. The first-order chi connectivity index (χ1) is 7.10. The Kier molecular flexibility index (Phi) is 4.14. The SMILES string of the molecule is C=CC(C)(C)c1ccc(CCCC)cc1. The van der Waals surface area contributed by atoms with Crippen molar-refractivity contribution in [2.75, 3.05) is 0 Å². The van der Waals surface area contributed by atoms with Crippen molar-refractivity contribution in [3.05, 3.63) is 48.0 Å². The van der Waals surface area contributed by atoms with Crippen LogP contribution in [0, 0.1) is 0 Å². The van der Waals surface area contributed by atoms with Crippen molar-refractivity contribution in [3.63, 3.8) is 0 Å². The van der Waals surface area contributed by atoms with Gasteiger partial charge in [0.1, 0.15) is 0 Å².